The zero-order valence-corrected chi connectivity index (χ0v) is 16.1. The van der Waals surface area contributed by atoms with E-state index in [1.807, 2.05) is 0 Å². The summed E-state index contributed by atoms with van der Waals surface area (Å²) in [5, 5.41) is 9.55. The summed E-state index contributed by atoms with van der Waals surface area (Å²) in [4.78, 5) is 16.6. The Morgan fingerprint density at radius 3 is 2.88 bits per heavy atom. The minimum absolute atomic E-state index is 0.0414. The maximum absolute atomic E-state index is 11.6. The monoisotopic (exact) mass is 358 g/mol. The fourth-order valence-electron chi connectivity index (χ4n) is 5.67. The molecule has 2 unspecified atom stereocenters. The molecule has 0 radical (unpaired) electrons. The van der Waals surface area contributed by atoms with Crippen LogP contribution < -0.4 is 4.74 Å². The first kappa shape index (κ1) is 17.8. The molecule has 1 aliphatic carbocycles. The van der Waals surface area contributed by atoms with E-state index < -0.39 is 5.97 Å². The quantitative estimate of drug-likeness (QED) is 0.899. The van der Waals surface area contributed by atoms with Crippen LogP contribution in [-0.4, -0.2) is 66.8 Å². The average Bonchev–Trinajstić information content (AvgIpc) is 2.65. The summed E-state index contributed by atoms with van der Waals surface area (Å²) in [6.45, 7) is 5.16. The van der Waals surface area contributed by atoms with Crippen molar-refractivity contribution in [3.63, 3.8) is 0 Å². The van der Waals surface area contributed by atoms with Crippen molar-refractivity contribution in [2.45, 2.75) is 50.1 Å². The third-order valence-electron chi connectivity index (χ3n) is 7.12. The van der Waals surface area contributed by atoms with Crippen molar-refractivity contribution in [1.82, 2.24) is 9.80 Å². The summed E-state index contributed by atoms with van der Waals surface area (Å²) in [6, 6.07) is 7.33. The van der Waals surface area contributed by atoms with Gasteiger partial charge in [0, 0.05) is 24.0 Å². The number of likely N-dealkylation sites (tertiary alicyclic amines) is 2. The van der Waals surface area contributed by atoms with Crippen molar-refractivity contribution in [3.05, 3.63) is 29.3 Å². The molecule has 0 spiro atoms. The number of aliphatic carboxylic acids is 1. The SMILES string of the molecule is COc1ccc2c(c1)[C@]1(C)CCN(C)[C@H](C2)C1N1CCCC(C(=O)O)C1. The van der Waals surface area contributed by atoms with Gasteiger partial charge in [0.05, 0.1) is 13.0 Å². The van der Waals surface area contributed by atoms with Gasteiger partial charge in [0.25, 0.3) is 0 Å². The molecular formula is C21H30N2O3. The molecule has 0 amide bonds. The van der Waals surface area contributed by atoms with E-state index in [-0.39, 0.29) is 11.3 Å². The number of likely N-dealkylation sites (N-methyl/N-ethyl adjacent to an activating group) is 1. The van der Waals surface area contributed by atoms with Crippen LogP contribution in [-0.2, 0) is 16.6 Å². The van der Waals surface area contributed by atoms with E-state index in [1.54, 1.807) is 7.11 Å². The van der Waals surface area contributed by atoms with Crippen LogP contribution in [0.1, 0.15) is 37.3 Å². The van der Waals surface area contributed by atoms with Gasteiger partial charge in [-0.3, -0.25) is 9.69 Å². The number of piperidine rings is 2. The van der Waals surface area contributed by atoms with Crippen molar-refractivity contribution in [2.75, 3.05) is 33.8 Å². The predicted molar refractivity (Wildman–Crippen MR) is 101 cm³/mol. The van der Waals surface area contributed by atoms with E-state index in [1.165, 1.54) is 11.1 Å². The Morgan fingerprint density at radius 1 is 1.35 bits per heavy atom. The lowest BCUT2D eigenvalue weighted by Crippen LogP contribution is -2.68. The third kappa shape index (κ3) is 2.72. The highest BCUT2D eigenvalue weighted by molar-refractivity contribution is 5.70. The number of carbonyl (C=O) groups is 1. The molecule has 2 aliphatic heterocycles. The van der Waals surface area contributed by atoms with Crippen molar-refractivity contribution < 1.29 is 14.6 Å². The first-order chi connectivity index (χ1) is 12.4. The number of carboxylic acid groups (broad SMARTS) is 1. The molecule has 2 bridgehead atoms. The smallest absolute Gasteiger partial charge is 0.307 e. The molecule has 1 aromatic carbocycles. The fraction of sp³-hybridized carbons (Fsp3) is 0.667. The lowest BCUT2D eigenvalue weighted by molar-refractivity contribution is -0.145. The molecule has 5 heteroatoms. The van der Waals surface area contributed by atoms with E-state index in [2.05, 4.69) is 42.0 Å². The van der Waals surface area contributed by atoms with Gasteiger partial charge in [0.15, 0.2) is 0 Å². The zero-order chi connectivity index (χ0) is 18.5. The number of fused-ring (bicyclic) bond motifs is 4. The van der Waals surface area contributed by atoms with Crippen molar-refractivity contribution in [2.24, 2.45) is 5.92 Å². The van der Waals surface area contributed by atoms with E-state index in [4.69, 9.17) is 4.74 Å². The molecule has 5 nitrogen and oxygen atoms in total. The topological polar surface area (TPSA) is 53.0 Å². The van der Waals surface area contributed by atoms with Crippen molar-refractivity contribution >= 4 is 5.97 Å². The zero-order valence-electron chi connectivity index (χ0n) is 16.1. The molecule has 26 heavy (non-hydrogen) atoms. The minimum atomic E-state index is -0.642. The lowest BCUT2D eigenvalue weighted by Gasteiger charge is -2.59. The predicted octanol–water partition coefficient (Wildman–Crippen LogP) is 2.38. The first-order valence-electron chi connectivity index (χ1n) is 9.78. The van der Waals surface area contributed by atoms with Crippen LogP contribution in [0, 0.1) is 5.92 Å². The number of benzene rings is 1. The molecule has 3 aliphatic rings. The molecule has 142 valence electrons. The number of methoxy groups -OCH3 is 1. The highest BCUT2D eigenvalue weighted by Gasteiger charge is 2.53. The minimum Gasteiger partial charge on any atom is -0.497 e. The summed E-state index contributed by atoms with van der Waals surface area (Å²) >= 11 is 0. The normalized spacial score (nSPS) is 35.0. The first-order valence-corrected chi connectivity index (χ1v) is 9.78. The van der Waals surface area contributed by atoms with Gasteiger partial charge in [0.2, 0.25) is 0 Å². The van der Waals surface area contributed by atoms with Crippen LogP contribution in [0.2, 0.25) is 0 Å². The maximum atomic E-state index is 11.6. The Kier molecular flexibility index (Phi) is 4.48. The molecule has 2 saturated heterocycles. The van der Waals surface area contributed by atoms with E-state index in [0.717, 1.165) is 44.5 Å². The van der Waals surface area contributed by atoms with Crippen molar-refractivity contribution in [3.8, 4) is 5.75 Å². The van der Waals surface area contributed by atoms with E-state index in [0.29, 0.717) is 18.6 Å². The Balaban J connectivity index is 1.75. The van der Waals surface area contributed by atoms with Gasteiger partial charge in [-0.15, -0.1) is 0 Å². The van der Waals surface area contributed by atoms with Crippen LogP contribution in [0.15, 0.2) is 18.2 Å². The Bertz CT molecular complexity index is 706. The Morgan fingerprint density at radius 2 is 2.15 bits per heavy atom. The van der Waals surface area contributed by atoms with Crippen LogP contribution in [0.3, 0.4) is 0 Å². The van der Waals surface area contributed by atoms with Gasteiger partial charge >= 0.3 is 5.97 Å². The number of carboxylic acids is 1. The molecule has 4 rings (SSSR count). The molecule has 4 atom stereocenters. The molecule has 1 N–H and O–H groups in total. The average molecular weight is 358 g/mol. The summed E-state index contributed by atoms with van der Waals surface area (Å²) in [6.07, 6.45) is 3.91. The molecule has 0 aromatic heterocycles. The van der Waals surface area contributed by atoms with Gasteiger partial charge in [-0.1, -0.05) is 13.0 Å². The lowest BCUT2D eigenvalue weighted by atomic mass is 9.61. The van der Waals surface area contributed by atoms with Crippen molar-refractivity contribution in [1.29, 1.82) is 0 Å². The van der Waals surface area contributed by atoms with Gasteiger partial charge < -0.3 is 14.7 Å². The number of rotatable bonds is 3. The van der Waals surface area contributed by atoms with Crippen LogP contribution in [0.5, 0.6) is 5.75 Å². The number of hydrogen-bond donors (Lipinski definition) is 1. The molecular weight excluding hydrogens is 328 g/mol. The molecule has 0 saturated carbocycles. The maximum Gasteiger partial charge on any atom is 0.307 e. The van der Waals surface area contributed by atoms with Gasteiger partial charge in [-0.2, -0.15) is 0 Å². The molecule has 2 heterocycles. The van der Waals surface area contributed by atoms with E-state index in [9.17, 15) is 9.90 Å². The van der Waals surface area contributed by atoms with E-state index >= 15 is 0 Å². The summed E-state index contributed by atoms with van der Waals surface area (Å²) in [5.41, 5.74) is 2.87. The number of hydrogen-bond acceptors (Lipinski definition) is 4. The second-order valence-electron chi connectivity index (χ2n) is 8.56. The molecule has 2 fully saturated rings. The Labute approximate surface area is 155 Å². The number of ether oxygens (including phenoxy) is 1. The van der Waals surface area contributed by atoms with Crippen LogP contribution >= 0.6 is 0 Å². The summed E-state index contributed by atoms with van der Waals surface area (Å²) in [7, 11) is 3.95. The second-order valence-corrected chi connectivity index (χ2v) is 8.56. The largest absolute Gasteiger partial charge is 0.497 e. The van der Waals surface area contributed by atoms with Crippen LogP contribution in [0.25, 0.3) is 0 Å². The van der Waals surface area contributed by atoms with Crippen LogP contribution in [0.4, 0.5) is 0 Å². The second kappa shape index (κ2) is 6.54. The summed E-state index contributed by atoms with van der Waals surface area (Å²) in [5.74, 6) is 0.0458. The van der Waals surface area contributed by atoms with Gasteiger partial charge in [0.1, 0.15) is 5.75 Å². The number of nitrogens with zero attached hydrogens (tertiary/aromatic N) is 2. The highest BCUT2D eigenvalue weighted by atomic mass is 16.5. The summed E-state index contributed by atoms with van der Waals surface area (Å²) < 4.78 is 5.51. The third-order valence-corrected chi connectivity index (χ3v) is 7.12. The standard InChI is InChI=1S/C21H30N2O3/c1-21-8-10-22(2)18(11-14-6-7-16(26-3)12-17(14)21)19(21)23-9-4-5-15(13-23)20(24)25/h6-7,12,15,18-19H,4-5,8-11,13H2,1-3H3,(H,24,25)/t15?,18-,19?,21+/m1/s1. The van der Waals surface area contributed by atoms with Gasteiger partial charge in [-0.25, -0.2) is 0 Å². The highest BCUT2D eigenvalue weighted by Crippen LogP contribution is 2.48. The Hall–Kier alpha value is -1.59. The molecule has 1 aromatic rings. The fourth-order valence-corrected chi connectivity index (χ4v) is 5.67. The van der Waals surface area contributed by atoms with Gasteiger partial charge in [-0.05, 0) is 69.1 Å².